The average molecular weight is 433 g/mol. The van der Waals surface area contributed by atoms with Crippen LogP contribution in [-0.2, 0) is 4.74 Å². The summed E-state index contributed by atoms with van der Waals surface area (Å²) in [5.74, 6) is 2.53. The first-order chi connectivity index (χ1) is 14.6. The van der Waals surface area contributed by atoms with Crippen LogP contribution in [-0.4, -0.2) is 33.9 Å². The molecule has 0 aromatic carbocycles. The van der Waals surface area contributed by atoms with E-state index in [0.717, 1.165) is 55.8 Å². The minimum absolute atomic E-state index is 0.494. The molecular weight excluding hydrogens is 396 g/mol. The van der Waals surface area contributed by atoms with Crippen molar-refractivity contribution in [1.82, 2.24) is 15.1 Å². The lowest BCUT2D eigenvalue weighted by atomic mass is 10.1. The quantitative estimate of drug-likeness (QED) is 0.211. The van der Waals surface area contributed by atoms with Crippen LogP contribution in [0, 0.1) is 0 Å². The van der Waals surface area contributed by atoms with E-state index in [9.17, 15) is 0 Å². The molecule has 1 heterocycles. The molecule has 0 spiro atoms. The van der Waals surface area contributed by atoms with Crippen molar-refractivity contribution in [2.45, 2.75) is 53.4 Å². The zero-order valence-corrected chi connectivity index (χ0v) is 19.6. The summed E-state index contributed by atoms with van der Waals surface area (Å²) in [7, 11) is 0. The molecule has 6 nitrogen and oxygen atoms in total. The number of hydrogen-bond acceptors (Lipinski definition) is 7. The summed E-state index contributed by atoms with van der Waals surface area (Å²) in [6.45, 7) is 14.0. The minimum Gasteiger partial charge on any atom is -0.459 e. The molecule has 0 bridgehead atoms. The highest BCUT2D eigenvalue weighted by Crippen LogP contribution is 2.24. The van der Waals surface area contributed by atoms with E-state index in [0.29, 0.717) is 17.4 Å². The number of ether oxygens (including phenoxy) is 1. The highest BCUT2D eigenvalue weighted by Gasteiger charge is 2.17. The molecule has 0 aliphatic carbocycles. The van der Waals surface area contributed by atoms with E-state index in [4.69, 9.17) is 14.3 Å². The number of allylic oxidation sites excluding steroid dienone is 6. The first kappa shape index (κ1) is 25.8. The van der Waals surface area contributed by atoms with Gasteiger partial charge in [-0.3, -0.25) is 5.14 Å². The fourth-order valence-corrected chi connectivity index (χ4v) is 3.15. The third kappa shape index (κ3) is 9.05. The van der Waals surface area contributed by atoms with E-state index < -0.39 is 0 Å². The van der Waals surface area contributed by atoms with Gasteiger partial charge in [0.25, 0.3) is 0 Å². The fourth-order valence-electron chi connectivity index (χ4n) is 2.79. The summed E-state index contributed by atoms with van der Waals surface area (Å²) in [6.07, 6.45) is 15.2. The van der Waals surface area contributed by atoms with Gasteiger partial charge in [0.2, 0.25) is 12.3 Å². The molecule has 7 heteroatoms. The second kappa shape index (κ2) is 15.6. The van der Waals surface area contributed by atoms with Crippen LogP contribution in [0.1, 0.15) is 59.3 Å². The summed E-state index contributed by atoms with van der Waals surface area (Å²) in [4.78, 5) is 2.37. The molecular formula is C23H36N4O2S. The van der Waals surface area contributed by atoms with Gasteiger partial charge in [-0.05, 0) is 44.9 Å². The van der Waals surface area contributed by atoms with E-state index in [1.807, 2.05) is 32.1 Å². The van der Waals surface area contributed by atoms with Crippen LogP contribution >= 0.6 is 11.9 Å². The Hall–Kier alpha value is -2.25. The van der Waals surface area contributed by atoms with Crippen LogP contribution in [0.5, 0.6) is 0 Å². The first-order valence-electron chi connectivity index (χ1n) is 10.5. The van der Waals surface area contributed by atoms with Gasteiger partial charge in [-0.2, -0.15) is 0 Å². The molecule has 0 atom stereocenters. The Kier molecular flexibility index (Phi) is 13.4. The Bertz CT molecular complexity index is 728. The van der Waals surface area contributed by atoms with Gasteiger partial charge in [0, 0.05) is 18.7 Å². The lowest BCUT2D eigenvalue weighted by Gasteiger charge is -2.28. The normalized spacial score (nSPS) is 13.5. The second-order valence-corrected chi connectivity index (χ2v) is 7.41. The molecule has 166 valence electrons. The molecule has 0 radical (unpaired) electrons. The van der Waals surface area contributed by atoms with Crippen LogP contribution in [0.15, 0.2) is 65.0 Å². The van der Waals surface area contributed by atoms with Crippen molar-refractivity contribution in [1.29, 1.82) is 0 Å². The van der Waals surface area contributed by atoms with Crippen LogP contribution in [0.2, 0.25) is 0 Å². The van der Waals surface area contributed by atoms with Gasteiger partial charge >= 0.3 is 0 Å². The van der Waals surface area contributed by atoms with Crippen molar-refractivity contribution in [2.75, 3.05) is 18.8 Å². The molecule has 30 heavy (non-hydrogen) atoms. The third-order valence-corrected chi connectivity index (χ3v) is 4.74. The Balaban J connectivity index is 3.53. The van der Waals surface area contributed by atoms with Gasteiger partial charge in [0.15, 0.2) is 0 Å². The lowest BCUT2D eigenvalue weighted by molar-refractivity contribution is 0.277. The Labute approximate surface area is 185 Å². The maximum absolute atomic E-state index is 6.32. The Morgan fingerprint density at radius 2 is 2.00 bits per heavy atom. The molecule has 0 aliphatic rings. The predicted octanol–water partition coefficient (Wildman–Crippen LogP) is 5.86. The summed E-state index contributed by atoms with van der Waals surface area (Å²) in [5, 5.41) is 13.7. The zero-order chi connectivity index (χ0) is 22.2. The van der Waals surface area contributed by atoms with Crippen LogP contribution in [0.25, 0.3) is 5.57 Å². The molecule has 0 aliphatic heterocycles. The summed E-state index contributed by atoms with van der Waals surface area (Å²) in [6, 6.07) is 0. The molecule has 2 N–H and O–H groups in total. The minimum atomic E-state index is 0.494. The summed E-state index contributed by atoms with van der Waals surface area (Å²) in [5.41, 5.74) is 1.87. The number of nitrogens with zero attached hydrogens (tertiary/aromatic N) is 3. The number of rotatable bonds is 15. The van der Waals surface area contributed by atoms with E-state index >= 15 is 0 Å². The molecule has 1 rings (SSSR count). The van der Waals surface area contributed by atoms with Crippen molar-refractivity contribution in [3.8, 4) is 0 Å². The SMILES string of the molecule is C=C/C=C(\C=C/C)O/C(CSN)=C(/C=C(\C)c1nnco1)N(CCCC)CCCC. The molecule has 0 amide bonds. The van der Waals surface area contributed by atoms with Crippen molar-refractivity contribution in [3.63, 3.8) is 0 Å². The van der Waals surface area contributed by atoms with E-state index in [1.165, 1.54) is 18.3 Å². The van der Waals surface area contributed by atoms with Crippen LogP contribution < -0.4 is 5.14 Å². The maximum atomic E-state index is 6.32. The Morgan fingerprint density at radius 1 is 1.30 bits per heavy atom. The monoisotopic (exact) mass is 432 g/mol. The van der Waals surface area contributed by atoms with E-state index in [-0.39, 0.29) is 0 Å². The van der Waals surface area contributed by atoms with Crippen molar-refractivity contribution in [3.05, 3.63) is 66.5 Å². The van der Waals surface area contributed by atoms with Gasteiger partial charge in [0.1, 0.15) is 11.5 Å². The molecule has 1 aromatic heterocycles. The number of nitrogens with two attached hydrogens (primary N) is 1. The van der Waals surface area contributed by atoms with Gasteiger partial charge in [-0.15, -0.1) is 10.2 Å². The van der Waals surface area contributed by atoms with Crippen molar-refractivity contribution in [2.24, 2.45) is 5.14 Å². The number of aromatic nitrogens is 2. The smallest absolute Gasteiger partial charge is 0.243 e. The zero-order valence-electron chi connectivity index (χ0n) is 18.8. The molecule has 0 fully saturated rings. The number of unbranched alkanes of at least 4 members (excludes halogenated alkanes) is 2. The molecule has 1 aromatic rings. The summed E-state index contributed by atoms with van der Waals surface area (Å²) >= 11 is 1.24. The lowest BCUT2D eigenvalue weighted by Crippen LogP contribution is -2.27. The van der Waals surface area contributed by atoms with E-state index in [2.05, 4.69) is 41.6 Å². The standard InChI is InChI=1S/C23H36N4O2S/c1-6-10-14-27(15-11-7-2)21(16-19(5)23-26-25-18-28-23)22(17-30-24)29-20(12-8-3)13-9-4/h8-9,12-13,16,18H,3,6-7,10-11,14-15,17,24H2,1-2,4-5H3/b13-9-,19-16+,20-12+,22-21-. The van der Waals surface area contributed by atoms with Gasteiger partial charge < -0.3 is 14.1 Å². The summed E-state index contributed by atoms with van der Waals surface area (Å²) < 4.78 is 11.7. The van der Waals surface area contributed by atoms with E-state index in [1.54, 1.807) is 6.08 Å². The fraction of sp³-hybridized carbons (Fsp3) is 0.478. The topological polar surface area (TPSA) is 77.4 Å². The van der Waals surface area contributed by atoms with Gasteiger partial charge in [-0.1, -0.05) is 57.4 Å². The largest absolute Gasteiger partial charge is 0.459 e. The van der Waals surface area contributed by atoms with Gasteiger partial charge in [0.05, 0.1) is 11.4 Å². The van der Waals surface area contributed by atoms with Crippen LogP contribution in [0.4, 0.5) is 0 Å². The van der Waals surface area contributed by atoms with Gasteiger partial charge in [-0.25, -0.2) is 0 Å². The molecule has 0 saturated carbocycles. The highest BCUT2D eigenvalue weighted by atomic mass is 32.2. The second-order valence-electron chi connectivity index (χ2n) is 6.79. The van der Waals surface area contributed by atoms with Crippen molar-refractivity contribution < 1.29 is 9.15 Å². The molecule has 0 saturated heterocycles. The third-order valence-electron chi connectivity index (χ3n) is 4.31. The average Bonchev–Trinajstić information content (AvgIpc) is 3.27. The first-order valence-corrected chi connectivity index (χ1v) is 11.5. The van der Waals surface area contributed by atoms with Crippen LogP contribution in [0.3, 0.4) is 0 Å². The van der Waals surface area contributed by atoms with Crippen molar-refractivity contribution >= 4 is 17.5 Å². The maximum Gasteiger partial charge on any atom is 0.243 e. The number of hydrogen-bond donors (Lipinski definition) is 1. The molecule has 0 unspecified atom stereocenters. The predicted molar refractivity (Wildman–Crippen MR) is 127 cm³/mol. The Morgan fingerprint density at radius 3 is 2.50 bits per heavy atom. The highest BCUT2D eigenvalue weighted by molar-refractivity contribution is 7.97.